The molecule has 0 aliphatic carbocycles. The smallest absolute Gasteiger partial charge is 0.307 e. The van der Waals surface area contributed by atoms with Crippen LogP contribution in [0.25, 0.3) is 0 Å². The van der Waals surface area contributed by atoms with E-state index >= 15 is 0 Å². The molecule has 0 bridgehead atoms. The first kappa shape index (κ1) is 18.7. The van der Waals surface area contributed by atoms with Crippen molar-refractivity contribution in [2.24, 2.45) is 11.8 Å². The Bertz CT molecular complexity index is 721. The first-order valence-corrected chi connectivity index (χ1v) is 8.38. The molecule has 0 amide bonds. The lowest BCUT2D eigenvalue weighted by Crippen LogP contribution is -2.41. The molecule has 4 atom stereocenters. The van der Waals surface area contributed by atoms with E-state index in [9.17, 15) is 19.8 Å². The minimum atomic E-state index is -1.34. The summed E-state index contributed by atoms with van der Waals surface area (Å²) in [6, 6.07) is 17.1. The second kappa shape index (κ2) is 7.97. The quantitative estimate of drug-likeness (QED) is 0.841. The van der Waals surface area contributed by atoms with Crippen LogP contribution >= 0.6 is 0 Å². The average molecular weight is 339 g/mol. The summed E-state index contributed by atoms with van der Waals surface area (Å²) in [6.07, 6.45) is 0. The number of benzene rings is 2. The number of hydrogen-bond donors (Lipinski definition) is 1. The van der Waals surface area contributed by atoms with Gasteiger partial charge in [0.2, 0.25) is 0 Å². The molecule has 132 valence electrons. The van der Waals surface area contributed by atoms with Gasteiger partial charge in [-0.05, 0) is 24.0 Å². The summed E-state index contributed by atoms with van der Waals surface area (Å²) in [7, 11) is 0. The van der Waals surface area contributed by atoms with E-state index in [0.29, 0.717) is 0 Å². The molecule has 0 aliphatic heterocycles. The van der Waals surface area contributed by atoms with Gasteiger partial charge in [0.25, 0.3) is 0 Å². The monoisotopic (exact) mass is 339 g/mol. The molecule has 0 aliphatic rings. The van der Waals surface area contributed by atoms with Crippen LogP contribution < -0.4 is 5.11 Å². The van der Waals surface area contributed by atoms with E-state index in [1.807, 2.05) is 68.4 Å². The molecule has 0 saturated carbocycles. The zero-order valence-corrected chi connectivity index (χ0v) is 14.7. The number of hydrogen-bond acceptors (Lipinski definition) is 3. The fourth-order valence-corrected chi connectivity index (χ4v) is 3.38. The summed E-state index contributed by atoms with van der Waals surface area (Å²) in [5.41, 5.74) is 2.91. The van der Waals surface area contributed by atoms with Crippen LogP contribution in [0.3, 0.4) is 0 Å². The Hall–Kier alpha value is -2.62. The molecule has 0 aromatic heterocycles. The van der Waals surface area contributed by atoms with Crippen LogP contribution in [-0.2, 0) is 9.59 Å². The van der Waals surface area contributed by atoms with Crippen molar-refractivity contribution in [1.82, 2.24) is 0 Å². The van der Waals surface area contributed by atoms with Crippen LogP contribution in [0.15, 0.2) is 54.6 Å². The minimum Gasteiger partial charge on any atom is -0.550 e. The van der Waals surface area contributed by atoms with Crippen LogP contribution in [0, 0.1) is 18.8 Å². The Kier molecular flexibility index (Phi) is 5.97. The molecule has 4 nitrogen and oxygen atoms in total. The van der Waals surface area contributed by atoms with E-state index in [2.05, 4.69) is 0 Å². The summed E-state index contributed by atoms with van der Waals surface area (Å²) in [5.74, 6) is -5.28. The normalized spacial score (nSPS) is 15.8. The van der Waals surface area contributed by atoms with Crippen LogP contribution in [0.5, 0.6) is 0 Å². The maximum absolute atomic E-state index is 12.0. The Balaban J connectivity index is 2.54. The molecular formula is C21H23O4-. The van der Waals surface area contributed by atoms with Gasteiger partial charge >= 0.3 is 5.97 Å². The molecule has 0 spiro atoms. The van der Waals surface area contributed by atoms with Gasteiger partial charge in [-0.2, -0.15) is 0 Å². The van der Waals surface area contributed by atoms with Gasteiger partial charge in [0, 0.05) is 17.8 Å². The van der Waals surface area contributed by atoms with E-state index < -0.39 is 29.7 Å². The molecule has 1 N–H and O–H groups in total. The highest BCUT2D eigenvalue weighted by Crippen LogP contribution is 2.41. The van der Waals surface area contributed by atoms with Crippen molar-refractivity contribution in [3.63, 3.8) is 0 Å². The second-order valence-electron chi connectivity index (χ2n) is 6.61. The minimum absolute atomic E-state index is 0.161. The highest BCUT2D eigenvalue weighted by Gasteiger charge is 2.38. The van der Waals surface area contributed by atoms with E-state index in [-0.39, 0.29) is 5.92 Å². The van der Waals surface area contributed by atoms with Gasteiger partial charge in [-0.15, -0.1) is 0 Å². The van der Waals surface area contributed by atoms with Crippen molar-refractivity contribution < 1.29 is 19.8 Å². The second-order valence-corrected chi connectivity index (χ2v) is 6.61. The number of aryl methyl sites for hydroxylation is 1. The van der Waals surface area contributed by atoms with Crippen LogP contribution in [0.4, 0.5) is 0 Å². The summed E-state index contributed by atoms with van der Waals surface area (Å²) >= 11 is 0. The SMILES string of the molecule is Cc1ccc(C(C)C(c2ccccc2)C(C(=O)O)C(C)C(=O)[O-])cc1. The van der Waals surface area contributed by atoms with Crippen molar-refractivity contribution in [3.8, 4) is 0 Å². The molecule has 0 radical (unpaired) electrons. The molecular weight excluding hydrogens is 316 g/mol. The number of carbonyl (C=O) groups excluding carboxylic acids is 1. The van der Waals surface area contributed by atoms with Gasteiger partial charge in [0.05, 0.1) is 5.92 Å². The van der Waals surface area contributed by atoms with Crippen molar-refractivity contribution >= 4 is 11.9 Å². The summed E-state index contributed by atoms with van der Waals surface area (Å²) in [4.78, 5) is 23.4. The zero-order valence-electron chi connectivity index (χ0n) is 14.7. The van der Waals surface area contributed by atoms with Gasteiger partial charge < -0.3 is 15.0 Å². The highest BCUT2D eigenvalue weighted by molar-refractivity contribution is 5.80. The third kappa shape index (κ3) is 4.27. The van der Waals surface area contributed by atoms with Gasteiger partial charge in [-0.1, -0.05) is 74.0 Å². The largest absolute Gasteiger partial charge is 0.550 e. The first-order chi connectivity index (χ1) is 11.8. The number of carboxylic acids is 2. The highest BCUT2D eigenvalue weighted by atomic mass is 16.4. The fourth-order valence-electron chi connectivity index (χ4n) is 3.38. The summed E-state index contributed by atoms with van der Waals surface area (Å²) in [5, 5.41) is 21.2. The molecule has 2 rings (SSSR count). The van der Waals surface area contributed by atoms with Gasteiger partial charge in [-0.25, -0.2) is 0 Å². The standard InChI is InChI=1S/C21H24O4/c1-13-9-11-16(12-10-13)14(2)18(17-7-5-4-6-8-17)19(21(24)25)15(3)20(22)23/h4-12,14-15,18-19H,1-3H3,(H,22,23)(H,24,25)/p-1. The summed E-state index contributed by atoms with van der Waals surface area (Å²) < 4.78 is 0. The molecule has 2 aromatic carbocycles. The lowest BCUT2D eigenvalue weighted by molar-refractivity contribution is -0.312. The third-order valence-electron chi connectivity index (χ3n) is 4.91. The Morgan fingerprint density at radius 1 is 0.920 bits per heavy atom. The average Bonchev–Trinajstić information content (AvgIpc) is 2.59. The van der Waals surface area contributed by atoms with E-state index in [1.165, 1.54) is 6.92 Å². The van der Waals surface area contributed by atoms with Crippen molar-refractivity contribution in [3.05, 3.63) is 71.3 Å². The molecule has 25 heavy (non-hydrogen) atoms. The third-order valence-corrected chi connectivity index (χ3v) is 4.91. The molecule has 0 saturated heterocycles. The molecule has 2 aromatic rings. The predicted octanol–water partition coefficient (Wildman–Crippen LogP) is 2.97. The van der Waals surface area contributed by atoms with E-state index in [0.717, 1.165) is 16.7 Å². The Morgan fingerprint density at radius 2 is 1.48 bits per heavy atom. The van der Waals surface area contributed by atoms with Crippen LogP contribution in [0.2, 0.25) is 0 Å². The predicted molar refractivity (Wildman–Crippen MR) is 94.1 cm³/mol. The maximum Gasteiger partial charge on any atom is 0.307 e. The van der Waals surface area contributed by atoms with E-state index in [4.69, 9.17) is 0 Å². The topological polar surface area (TPSA) is 77.4 Å². The molecule has 4 heteroatoms. The van der Waals surface area contributed by atoms with Crippen LogP contribution in [0.1, 0.15) is 42.4 Å². The van der Waals surface area contributed by atoms with Gasteiger partial charge in [0.1, 0.15) is 0 Å². The maximum atomic E-state index is 12.0. The molecule has 4 unspecified atom stereocenters. The first-order valence-electron chi connectivity index (χ1n) is 8.38. The van der Waals surface area contributed by atoms with Gasteiger partial charge in [-0.3, -0.25) is 4.79 Å². The van der Waals surface area contributed by atoms with Crippen LogP contribution in [-0.4, -0.2) is 17.0 Å². The molecule has 0 heterocycles. The fraction of sp³-hybridized carbons (Fsp3) is 0.333. The Morgan fingerprint density at radius 3 is 1.96 bits per heavy atom. The molecule has 0 fully saturated rings. The zero-order chi connectivity index (χ0) is 18.6. The van der Waals surface area contributed by atoms with Crippen molar-refractivity contribution in [2.45, 2.75) is 32.6 Å². The van der Waals surface area contributed by atoms with Gasteiger partial charge in [0.15, 0.2) is 0 Å². The Labute approximate surface area is 148 Å². The number of aliphatic carboxylic acids is 2. The van der Waals surface area contributed by atoms with Crippen molar-refractivity contribution in [1.29, 1.82) is 0 Å². The lowest BCUT2D eigenvalue weighted by atomic mass is 9.70. The van der Waals surface area contributed by atoms with E-state index in [1.54, 1.807) is 0 Å². The number of carboxylic acid groups (broad SMARTS) is 2. The lowest BCUT2D eigenvalue weighted by Gasteiger charge is -2.34. The number of carbonyl (C=O) groups is 2. The summed E-state index contributed by atoms with van der Waals surface area (Å²) in [6.45, 7) is 5.34. The number of rotatable bonds is 7. The van der Waals surface area contributed by atoms with Crippen molar-refractivity contribution in [2.75, 3.05) is 0 Å².